The Kier molecular flexibility index (Phi) is 4.29. The number of amides is 2. The fourth-order valence-electron chi connectivity index (χ4n) is 2.49. The largest absolute Gasteiger partial charge is 0.341 e. The van der Waals surface area contributed by atoms with Crippen LogP contribution in [0.15, 0.2) is 54.9 Å². The first-order valence-corrected chi connectivity index (χ1v) is 7.63. The summed E-state index contributed by atoms with van der Waals surface area (Å²) in [5, 5.41) is 5.55. The molecular weight excluding hydrogens is 304 g/mol. The number of hydrogen-bond donors (Lipinski definition) is 2. The van der Waals surface area contributed by atoms with E-state index in [9.17, 15) is 9.59 Å². The zero-order valence-electron chi connectivity index (χ0n) is 13.5. The van der Waals surface area contributed by atoms with Crippen LogP contribution >= 0.6 is 0 Å². The zero-order chi connectivity index (χ0) is 17.1. The molecule has 0 bridgehead atoms. The summed E-state index contributed by atoms with van der Waals surface area (Å²) in [7, 11) is 1.87. The minimum Gasteiger partial charge on any atom is -0.341 e. The third kappa shape index (κ3) is 3.12. The fraction of sp³-hybridized carbons (Fsp3) is 0.167. The van der Waals surface area contributed by atoms with Gasteiger partial charge in [-0.15, -0.1) is 0 Å². The summed E-state index contributed by atoms with van der Waals surface area (Å²) in [6, 6.07) is 13.7. The maximum absolute atomic E-state index is 12.4. The molecule has 1 unspecified atom stereocenters. The van der Waals surface area contributed by atoms with Gasteiger partial charge in [-0.3, -0.25) is 9.59 Å². The van der Waals surface area contributed by atoms with Crippen LogP contribution in [0.1, 0.15) is 17.3 Å². The number of hydrogen-bond acceptors (Lipinski definition) is 3. The summed E-state index contributed by atoms with van der Waals surface area (Å²) in [6.45, 7) is 1.65. The molecule has 2 amide bonds. The average molecular weight is 322 g/mol. The first-order chi connectivity index (χ1) is 11.6. The van der Waals surface area contributed by atoms with Crippen LogP contribution < -0.4 is 10.6 Å². The average Bonchev–Trinajstić information content (AvgIpc) is 2.98. The Balaban J connectivity index is 1.72. The molecule has 0 aliphatic rings. The number of aromatic nitrogens is 2. The van der Waals surface area contributed by atoms with Crippen molar-refractivity contribution in [2.75, 3.05) is 5.32 Å². The molecule has 122 valence electrons. The first kappa shape index (κ1) is 15.7. The number of carbonyl (C=O) groups is 2. The van der Waals surface area contributed by atoms with Crippen molar-refractivity contribution in [3.63, 3.8) is 0 Å². The van der Waals surface area contributed by atoms with E-state index < -0.39 is 6.04 Å². The van der Waals surface area contributed by atoms with E-state index in [0.29, 0.717) is 11.3 Å². The molecule has 0 spiro atoms. The van der Waals surface area contributed by atoms with Crippen LogP contribution in [-0.4, -0.2) is 27.4 Å². The topological polar surface area (TPSA) is 76.0 Å². The molecule has 1 heterocycles. The Labute approximate surface area is 139 Å². The maximum Gasteiger partial charge on any atom is 0.251 e. The number of imidazole rings is 1. The quantitative estimate of drug-likeness (QED) is 0.774. The van der Waals surface area contributed by atoms with Crippen LogP contribution in [0.3, 0.4) is 0 Å². The van der Waals surface area contributed by atoms with E-state index in [4.69, 9.17) is 0 Å². The first-order valence-electron chi connectivity index (χ1n) is 7.63. The molecule has 6 heteroatoms. The fourth-order valence-corrected chi connectivity index (χ4v) is 2.49. The number of aryl methyl sites for hydroxylation is 1. The van der Waals surface area contributed by atoms with Gasteiger partial charge in [0, 0.05) is 12.6 Å². The normalized spacial score (nSPS) is 11.9. The van der Waals surface area contributed by atoms with Crippen LogP contribution in [0.2, 0.25) is 0 Å². The Morgan fingerprint density at radius 2 is 1.83 bits per heavy atom. The third-order valence-electron chi connectivity index (χ3n) is 3.77. The summed E-state index contributed by atoms with van der Waals surface area (Å²) >= 11 is 0. The van der Waals surface area contributed by atoms with Gasteiger partial charge in [0.25, 0.3) is 5.91 Å². The van der Waals surface area contributed by atoms with Crippen LogP contribution in [0, 0.1) is 0 Å². The van der Waals surface area contributed by atoms with Crippen molar-refractivity contribution in [3.8, 4) is 0 Å². The van der Waals surface area contributed by atoms with Gasteiger partial charge in [0.1, 0.15) is 6.04 Å². The highest BCUT2D eigenvalue weighted by Crippen LogP contribution is 2.21. The van der Waals surface area contributed by atoms with Crippen molar-refractivity contribution in [2.45, 2.75) is 13.0 Å². The van der Waals surface area contributed by atoms with E-state index in [2.05, 4.69) is 15.6 Å². The minimum atomic E-state index is -0.666. The highest BCUT2D eigenvalue weighted by atomic mass is 16.2. The minimum absolute atomic E-state index is 0.281. The van der Waals surface area contributed by atoms with Gasteiger partial charge in [-0.25, -0.2) is 4.98 Å². The summed E-state index contributed by atoms with van der Waals surface area (Å²) in [6.07, 6.45) is 1.70. The second-order valence-electron chi connectivity index (χ2n) is 5.58. The second kappa shape index (κ2) is 6.54. The molecule has 0 aliphatic carbocycles. The molecule has 0 aliphatic heterocycles. The van der Waals surface area contributed by atoms with Crippen LogP contribution in [-0.2, 0) is 11.8 Å². The van der Waals surface area contributed by atoms with E-state index in [1.807, 2.05) is 35.9 Å². The molecule has 2 N–H and O–H groups in total. The summed E-state index contributed by atoms with van der Waals surface area (Å²) < 4.78 is 1.85. The van der Waals surface area contributed by atoms with Gasteiger partial charge in [-0.1, -0.05) is 24.3 Å². The van der Waals surface area contributed by atoms with E-state index >= 15 is 0 Å². The molecule has 0 radical (unpaired) electrons. The highest BCUT2D eigenvalue weighted by molar-refractivity contribution is 6.04. The number of para-hydroxylation sites is 1. The van der Waals surface area contributed by atoms with E-state index in [1.165, 1.54) is 0 Å². The van der Waals surface area contributed by atoms with Gasteiger partial charge in [0.15, 0.2) is 0 Å². The van der Waals surface area contributed by atoms with Gasteiger partial charge in [-0.2, -0.15) is 0 Å². The number of nitrogens with one attached hydrogen (secondary N) is 2. The van der Waals surface area contributed by atoms with Gasteiger partial charge in [-0.05, 0) is 31.2 Å². The lowest BCUT2D eigenvalue weighted by Crippen LogP contribution is -2.41. The number of rotatable bonds is 4. The number of nitrogens with zero attached hydrogens (tertiary/aromatic N) is 2. The molecule has 0 saturated carbocycles. The van der Waals surface area contributed by atoms with Gasteiger partial charge < -0.3 is 15.2 Å². The predicted molar refractivity (Wildman–Crippen MR) is 92.7 cm³/mol. The standard InChI is InChI=1S/C18H18N4O2/c1-12(20-18(24)13-7-4-3-5-8-13)17(23)21-15-10-6-9-14-16(15)22(2)11-19-14/h3-12H,1-2H3,(H,20,24)(H,21,23). The molecule has 0 fully saturated rings. The number of carbonyl (C=O) groups excluding carboxylic acids is 2. The summed E-state index contributed by atoms with van der Waals surface area (Å²) in [5.41, 5.74) is 2.83. The Morgan fingerprint density at radius 3 is 2.58 bits per heavy atom. The van der Waals surface area contributed by atoms with E-state index in [0.717, 1.165) is 11.0 Å². The van der Waals surface area contributed by atoms with Crippen molar-refractivity contribution >= 4 is 28.5 Å². The lowest BCUT2D eigenvalue weighted by atomic mass is 10.2. The van der Waals surface area contributed by atoms with Crippen LogP contribution in [0.4, 0.5) is 5.69 Å². The van der Waals surface area contributed by atoms with E-state index in [-0.39, 0.29) is 11.8 Å². The molecule has 0 saturated heterocycles. The van der Waals surface area contributed by atoms with Crippen molar-refractivity contribution in [2.24, 2.45) is 7.05 Å². The molecule has 6 nitrogen and oxygen atoms in total. The van der Waals surface area contributed by atoms with Crippen LogP contribution in [0.5, 0.6) is 0 Å². The molecule has 1 aromatic heterocycles. The molecule has 3 aromatic rings. The third-order valence-corrected chi connectivity index (χ3v) is 3.77. The van der Waals surface area contributed by atoms with Crippen molar-refractivity contribution in [1.82, 2.24) is 14.9 Å². The summed E-state index contributed by atoms with van der Waals surface area (Å²) in [5.74, 6) is -0.565. The zero-order valence-corrected chi connectivity index (χ0v) is 13.5. The van der Waals surface area contributed by atoms with Crippen molar-refractivity contribution < 1.29 is 9.59 Å². The van der Waals surface area contributed by atoms with Gasteiger partial charge in [0.2, 0.25) is 5.91 Å². The Morgan fingerprint density at radius 1 is 1.08 bits per heavy atom. The number of benzene rings is 2. The summed E-state index contributed by atoms with van der Waals surface area (Å²) in [4.78, 5) is 28.8. The second-order valence-corrected chi connectivity index (χ2v) is 5.58. The maximum atomic E-state index is 12.4. The van der Waals surface area contributed by atoms with Gasteiger partial charge in [0.05, 0.1) is 23.0 Å². The van der Waals surface area contributed by atoms with Crippen molar-refractivity contribution in [1.29, 1.82) is 0 Å². The molecule has 1 atom stereocenters. The Bertz CT molecular complexity index is 886. The van der Waals surface area contributed by atoms with Gasteiger partial charge >= 0.3 is 0 Å². The van der Waals surface area contributed by atoms with E-state index in [1.54, 1.807) is 37.5 Å². The smallest absolute Gasteiger partial charge is 0.251 e. The lowest BCUT2D eigenvalue weighted by Gasteiger charge is -2.15. The molecule has 3 rings (SSSR count). The number of fused-ring (bicyclic) bond motifs is 1. The molecular formula is C18H18N4O2. The SMILES string of the molecule is CC(NC(=O)c1ccccc1)C(=O)Nc1cccc2ncn(C)c12. The Hall–Kier alpha value is -3.15. The highest BCUT2D eigenvalue weighted by Gasteiger charge is 2.18. The monoisotopic (exact) mass is 322 g/mol. The lowest BCUT2D eigenvalue weighted by molar-refractivity contribution is -0.117. The molecule has 2 aromatic carbocycles. The predicted octanol–water partition coefficient (Wildman–Crippen LogP) is 2.33. The molecule has 24 heavy (non-hydrogen) atoms. The van der Waals surface area contributed by atoms with Crippen LogP contribution in [0.25, 0.3) is 11.0 Å². The van der Waals surface area contributed by atoms with Crippen molar-refractivity contribution in [3.05, 3.63) is 60.4 Å². The number of anilines is 1.